The van der Waals surface area contributed by atoms with Gasteiger partial charge in [-0.05, 0) is 30.2 Å². The Morgan fingerprint density at radius 2 is 1.71 bits per heavy atom. The number of aliphatic imine (C=N–C) groups is 1. The van der Waals surface area contributed by atoms with Crippen molar-refractivity contribution in [2.45, 2.75) is 18.6 Å². The smallest absolute Gasteiger partial charge is 0.289 e. The van der Waals surface area contributed by atoms with E-state index < -0.39 is 18.1 Å². The van der Waals surface area contributed by atoms with Crippen molar-refractivity contribution in [2.24, 2.45) is 10.9 Å². The van der Waals surface area contributed by atoms with Gasteiger partial charge in [0.25, 0.3) is 0 Å². The number of benzene rings is 1. The van der Waals surface area contributed by atoms with Gasteiger partial charge in [0, 0.05) is 16.3 Å². The molecule has 1 aliphatic rings. The molecule has 0 radical (unpaired) electrons. The average molecular weight is 282 g/mol. The topological polar surface area (TPSA) is 12.4 Å². The van der Waals surface area contributed by atoms with Crippen LogP contribution >= 0.6 is 23.2 Å². The number of rotatable bonds is 1. The second-order valence-corrected chi connectivity index (χ2v) is 4.77. The first-order valence-electron chi connectivity index (χ1n) is 4.92. The maximum absolute atomic E-state index is 12.5. The van der Waals surface area contributed by atoms with Gasteiger partial charge in [0.1, 0.15) is 0 Å². The van der Waals surface area contributed by atoms with E-state index in [1.165, 1.54) is 6.07 Å². The summed E-state index contributed by atoms with van der Waals surface area (Å²) in [5, 5.41) is 0.802. The van der Waals surface area contributed by atoms with E-state index in [9.17, 15) is 13.2 Å². The van der Waals surface area contributed by atoms with Crippen LogP contribution in [-0.2, 0) is 0 Å². The maximum Gasteiger partial charge on any atom is 0.396 e. The summed E-state index contributed by atoms with van der Waals surface area (Å²) >= 11 is 11.6. The van der Waals surface area contributed by atoms with E-state index in [-0.39, 0.29) is 6.42 Å². The molecule has 0 aliphatic carbocycles. The van der Waals surface area contributed by atoms with Crippen LogP contribution in [-0.4, -0.2) is 12.4 Å². The van der Waals surface area contributed by atoms with Crippen LogP contribution in [0.2, 0.25) is 10.0 Å². The SMILES string of the molecule is FC(F)(F)C1C=NC(c2cc(Cl)cc(Cl)c2)C1. The number of halogens is 5. The highest BCUT2D eigenvalue weighted by Gasteiger charge is 2.42. The molecule has 0 saturated heterocycles. The van der Waals surface area contributed by atoms with Crippen LogP contribution in [0.4, 0.5) is 13.2 Å². The molecule has 92 valence electrons. The summed E-state index contributed by atoms with van der Waals surface area (Å²) in [4.78, 5) is 3.87. The maximum atomic E-state index is 12.5. The number of alkyl halides is 3. The van der Waals surface area contributed by atoms with Crippen LogP contribution in [0.15, 0.2) is 23.2 Å². The van der Waals surface area contributed by atoms with Crippen molar-refractivity contribution in [1.29, 1.82) is 0 Å². The van der Waals surface area contributed by atoms with Gasteiger partial charge in [0.2, 0.25) is 0 Å². The molecule has 0 spiro atoms. The summed E-state index contributed by atoms with van der Waals surface area (Å²) in [7, 11) is 0. The Morgan fingerprint density at radius 1 is 1.12 bits per heavy atom. The van der Waals surface area contributed by atoms with Crippen LogP contribution in [0.3, 0.4) is 0 Å². The largest absolute Gasteiger partial charge is 0.396 e. The van der Waals surface area contributed by atoms with Crippen molar-refractivity contribution < 1.29 is 13.2 Å². The minimum Gasteiger partial charge on any atom is -0.289 e. The lowest BCUT2D eigenvalue weighted by Crippen LogP contribution is -2.22. The molecule has 1 heterocycles. The lowest BCUT2D eigenvalue weighted by molar-refractivity contribution is -0.154. The molecule has 0 amide bonds. The van der Waals surface area contributed by atoms with Gasteiger partial charge in [-0.3, -0.25) is 4.99 Å². The third-order valence-electron chi connectivity index (χ3n) is 2.61. The van der Waals surface area contributed by atoms with E-state index in [0.717, 1.165) is 6.21 Å². The van der Waals surface area contributed by atoms with Gasteiger partial charge in [-0.25, -0.2) is 0 Å². The molecular weight excluding hydrogens is 274 g/mol. The highest BCUT2D eigenvalue weighted by molar-refractivity contribution is 6.34. The first-order chi connectivity index (χ1) is 7.86. The van der Waals surface area contributed by atoms with Gasteiger partial charge in [-0.1, -0.05) is 23.2 Å². The van der Waals surface area contributed by atoms with Crippen molar-refractivity contribution in [1.82, 2.24) is 0 Å². The predicted molar refractivity (Wildman–Crippen MR) is 61.9 cm³/mol. The first-order valence-corrected chi connectivity index (χ1v) is 5.68. The fraction of sp³-hybridized carbons (Fsp3) is 0.364. The number of nitrogens with zero attached hydrogens (tertiary/aromatic N) is 1. The molecule has 0 bridgehead atoms. The standard InChI is InChI=1S/C11H8Cl2F3N/c12-8-1-6(2-9(13)4-8)10-3-7(5-17-10)11(14,15)16/h1-2,4-5,7,10H,3H2. The molecule has 2 unspecified atom stereocenters. The van der Waals surface area contributed by atoms with Gasteiger partial charge < -0.3 is 0 Å². The second-order valence-electron chi connectivity index (χ2n) is 3.90. The third-order valence-corrected chi connectivity index (χ3v) is 3.05. The van der Waals surface area contributed by atoms with Gasteiger partial charge >= 0.3 is 6.18 Å². The molecule has 0 fully saturated rings. The van der Waals surface area contributed by atoms with Crippen LogP contribution in [0.5, 0.6) is 0 Å². The number of hydrogen-bond acceptors (Lipinski definition) is 1. The zero-order valence-corrected chi connectivity index (χ0v) is 10.0. The van der Waals surface area contributed by atoms with Crippen molar-refractivity contribution in [3.8, 4) is 0 Å². The molecule has 0 aromatic heterocycles. The third kappa shape index (κ3) is 2.93. The van der Waals surface area contributed by atoms with Crippen LogP contribution in [0.25, 0.3) is 0 Å². The Kier molecular flexibility index (Phi) is 3.36. The van der Waals surface area contributed by atoms with E-state index in [4.69, 9.17) is 23.2 Å². The van der Waals surface area contributed by atoms with Gasteiger partial charge in [0.15, 0.2) is 0 Å². The zero-order valence-electron chi connectivity index (χ0n) is 8.51. The van der Waals surface area contributed by atoms with E-state index in [1.807, 2.05) is 0 Å². The van der Waals surface area contributed by atoms with Crippen LogP contribution < -0.4 is 0 Å². The second kappa shape index (κ2) is 4.50. The fourth-order valence-corrected chi connectivity index (χ4v) is 2.32. The minimum atomic E-state index is -4.24. The van der Waals surface area contributed by atoms with Crippen LogP contribution in [0, 0.1) is 5.92 Å². The molecule has 0 N–H and O–H groups in total. The normalized spacial score (nSPS) is 24.3. The molecule has 2 rings (SSSR count). The molecule has 1 aliphatic heterocycles. The summed E-state index contributed by atoms with van der Waals surface area (Å²) in [5.74, 6) is -1.48. The van der Waals surface area contributed by atoms with Crippen molar-refractivity contribution in [3.63, 3.8) is 0 Å². The molecule has 0 saturated carbocycles. The molecule has 1 aromatic carbocycles. The molecule has 2 atom stereocenters. The van der Waals surface area contributed by atoms with E-state index in [2.05, 4.69) is 4.99 Å². The lowest BCUT2D eigenvalue weighted by Gasteiger charge is -2.14. The highest BCUT2D eigenvalue weighted by Crippen LogP contribution is 2.39. The Morgan fingerprint density at radius 3 is 2.18 bits per heavy atom. The summed E-state index contributed by atoms with van der Waals surface area (Å²) in [6.45, 7) is 0. The van der Waals surface area contributed by atoms with E-state index in [0.29, 0.717) is 15.6 Å². The average Bonchev–Trinajstić information content (AvgIpc) is 2.63. The predicted octanol–water partition coefficient (Wildman–Crippen LogP) is 4.69. The summed E-state index contributed by atoms with van der Waals surface area (Å²) in [5.41, 5.74) is 0.616. The minimum absolute atomic E-state index is 0.0832. The molecular formula is C11H8Cl2F3N. The van der Waals surface area contributed by atoms with E-state index in [1.54, 1.807) is 12.1 Å². The number of hydrogen-bond donors (Lipinski definition) is 0. The molecule has 1 nitrogen and oxygen atoms in total. The molecule has 1 aromatic rings. The fourth-order valence-electron chi connectivity index (χ4n) is 1.78. The quantitative estimate of drug-likeness (QED) is 0.708. The van der Waals surface area contributed by atoms with Gasteiger partial charge in [-0.15, -0.1) is 0 Å². The zero-order chi connectivity index (χ0) is 12.6. The summed E-state index contributed by atoms with van der Waals surface area (Å²) in [6, 6.07) is 4.20. The lowest BCUT2D eigenvalue weighted by atomic mass is 9.99. The Bertz CT molecular complexity index is 436. The van der Waals surface area contributed by atoms with Gasteiger partial charge in [-0.2, -0.15) is 13.2 Å². The Labute approximate surface area is 106 Å². The van der Waals surface area contributed by atoms with E-state index >= 15 is 0 Å². The molecule has 6 heteroatoms. The van der Waals surface area contributed by atoms with Crippen molar-refractivity contribution >= 4 is 29.4 Å². The van der Waals surface area contributed by atoms with Crippen LogP contribution in [0.1, 0.15) is 18.0 Å². The summed E-state index contributed by atoms with van der Waals surface area (Å²) < 4.78 is 37.4. The first kappa shape index (κ1) is 12.7. The molecule has 17 heavy (non-hydrogen) atoms. The monoisotopic (exact) mass is 281 g/mol. The van der Waals surface area contributed by atoms with Gasteiger partial charge in [0.05, 0.1) is 12.0 Å². The summed E-state index contributed by atoms with van der Waals surface area (Å²) in [6.07, 6.45) is -3.36. The van der Waals surface area contributed by atoms with Crippen molar-refractivity contribution in [2.75, 3.05) is 0 Å². The Hall–Kier alpha value is -0.740. The highest BCUT2D eigenvalue weighted by atomic mass is 35.5. The Balaban J connectivity index is 2.19. The van der Waals surface area contributed by atoms with Crippen molar-refractivity contribution in [3.05, 3.63) is 33.8 Å².